The molecule has 2 N–H and O–H groups in total. The van der Waals surface area contributed by atoms with Crippen molar-refractivity contribution >= 4 is 5.91 Å². The third kappa shape index (κ3) is 4.86. The minimum atomic E-state index is -0.267. The van der Waals surface area contributed by atoms with Gasteiger partial charge < -0.3 is 24.8 Å². The van der Waals surface area contributed by atoms with Crippen molar-refractivity contribution in [2.24, 2.45) is 0 Å². The summed E-state index contributed by atoms with van der Waals surface area (Å²) in [5, 5.41) is 5.88. The molecule has 2 rings (SSSR count). The van der Waals surface area contributed by atoms with Crippen LogP contribution in [-0.2, 0) is 6.54 Å². The van der Waals surface area contributed by atoms with Gasteiger partial charge in [-0.2, -0.15) is 0 Å². The molecule has 140 valence electrons. The second kappa shape index (κ2) is 9.62. The Labute approximate surface area is 152 Å². The van der Waals surface area contributed by atoms with Crippen LogP contribution in [0.3, 0.4) is 0 Å². The molecule has 6 nitrogen and oxygen atoms in total. The molecular weight excluding hydrogens is 339 g/mol. The Hall–Kier alpha value is -2.80. The van der Waals surface area contributed by atoms with Crippen LogP contribution in [0.25, 0.3) is 0 Å². The lowest BCUT2D eigenvalue weighted by Gasteiger charge is -2.14. The zero-order valence-corrected chi connectivity index (χ0v) is 15.1. The monoisotopic (exact) mass is 362 g/mol. The summed E-state index contributed by atoms with van der Waals surface area (Å²) >= 11 is 0. The van der Waals surface area contributed by atoms with E-state index in [1.807, 2.05) is 0 Å². The highest BCUT2D eigenvalue weighted by molar-refractivity contribution is 5.95. The lowest BCUT2D eigenvalue weighted by atomic mass is 10.1. The molecule has 0 aliphatic carbocycles. The van der Waals surface area contributed by atoms with E-state index in [2.05, 4.69) is 10.6 Å². The smallest absolute Gasteiger partial charge is 0.251 e. The second-order valence-electron chi connectivity index (χ2n) is 5.44. The zero-order valence-electron chi connectivity index (χ0n) is 15.1. The molecule has 26 heavy (non-hydrogen) atoms. The molecule has 0 atom stereocenters. The van der Waals surface area contributed by atoms with Crippen molar-refractivity contribution < 1.29 is 23.4 Å². The first-order valence-electron chi connectivity index (χ1n) is 8.13. The molecule has 0 aliphatic heterocycles. The van der Waals surface area contributed by atoms with Gasteiger partial charge in [0.2, 0.25) is 5.75 Å². The molecule has 0 unspecified atom stereocenters. The highest BCUT2D eigenvalue weighted by Gasteiger charge is 2.16. The molecule has 2 aromatic rings. The van der Waals surface area contributed by atoms with Crippen molar-refractivity contribution in [1.82, 2.24) is 10.6 Å². The molecule has 0 aromatic heterocycles. The van der Waals surface area contributed by atoms with Crippen molar-refractivity contribution in [1.29, 1.82) is 0 Å². The Morgan fingerprint density at radius 3 is 2.23 bits per heavy atom. The van der Waals surface area contributed by atoms with Crippen molar-refractivity contribution in [3.8, 4) is 17.2 Å². The van der Waals surface area contributed by atoms with Crippen molar-refractivity contribution in [2.45, 2.75) is 6.54 Å². The van der Waals surface area contributed by atoms with Crippen LogP contribution in [0.1, 0.15) is 15.9 Å². The highest BCUT2D eigenvalue weighted by atomic mass is 19.1. The van der Waals surface area contributed by atoms with Crippen LogP contribution in [0.15, 0.2) is 36.4 Å². The van der Waals surface area contributed by atoms with Crippen molar-refractivity contribution in [2.75, 3.05) is 34.4 Å². The zero-order chi connectivity index (χ0) is 18.9. The topological polar surface area (TPSA) is 68.8 Å². The van der Waals surface area contributed by atoms with Gasteiger partial charge in [-0.25, -0.2) is 4.39 Å². The maximum absolute atomic E-state index is 13.5. The van der Waals surface area contributed by atoms with Gasteiger partial charge in [0.25, 0.3) is 5.91 Å². The maximum atomic E-state index is 13.5. The quantitative estimate of drug-likeness (QED) is 0.671. The fourth-order valence-corrected chi connectivity index (χ4v) is 2.44. The van der Waals surface area contributed by atoms with E-state index in [0.717, 1.165) is 0 Å². The lowest BCUT2D eigenvalue weighted by molar-refractivity contribution is 0.0953. The first-order chi connectivity index (χ1) is 12.6. The minimum Gasteiger partial charge on any atom is -0.493 e. The van der Waals surface area contributed by atoms with E-state index < -0.39 is 0 Å². The molecule has 0 bridgehead atoms. The second-order valence-corrected chi connectivity index (χ2v) is 5.44. The largest absolute Gasteiger partial charge is 0.493 e. The van der Waals surface area contributed by atoms with Crippen LogP contribution in [-0.4, -0.2) is 40.3 Å². The Bertz CT molecular complexity index is 727. The standard InChI is InChI=1S/C19H23FN2O4/c1-24-16-10-14(11-17(25-2)18(16)26-3)19(23)22-9-8-21-12-13-6-4-5-7-15(13)20/h4-7,10-11,21H,8-9,12H2,1-3H3,(H,22,23). The average Bonchev–Trinajstić information content (AvgIpc) is 2.67. The van der Waals surface area contributed by atoms with Gasteiger partial charge in [-0.15, -0.1) is 0 Å². The molecule has 0 saturated heterocycles. The number of carbonyl (C=O) groups excluding carboxylic acids is 1. The Morgan fingerprint density at radius 2 is 1.65 bits per heavy atom. The number of halogens is 1. The van der Waals surface area contributed by atoms with Gasteiger partial charge in [0.05, 0.1) is 21.3 Å². The predicted octanol–water partition coefficient (Wildman–Crippen LogP) is 2.37. The molecule has 0 radical (unpaired) electrons. The molecule has 0 fully saturated rings. The number of benzene rings is 2. The normalized spacial score (nSPS) is 10.3. The van der Waals surface area contributed by atoms with Crippen LogP contribution in [0.4, 0.5) is 4.39 Å². The van der Waals surface area contributed by atoms with Crippen LogP contribution < -0.4 is 24.8 Å². The molecule has 0 heterocycles. The van der Waals surface area contributed by atoms with Crippen molar-refractivity contribution in [3.05, 3.63) is 53.3 Å². The summed E-state index contributed by atoms with van der Waals surface area (Å²) in [5.74, 6) is 0.737. The van der Waals surface area contributed by atoms with Gasteiger partial charge >= 0.3 is 0 Å². The van der Waals surface area contributed by atoms with E-state index in [4.69, 9.17) is 14.2 Å². The van der Waals surface area contributed by atoms with Crippen LogP contribution in [0, 0.1) is 5.82 Å². The number of hydrogen-bond donors (Lipinski definition) is 2. The van der Waals surface area contributed by atoms with E-state index in [1.54, 1.807) is 30.3 Å². The Morgan fingerprint density at radius 1 is 1.00 bits per heavy atom. The third-order valence-electron chi connectivity index (χ3n) is 3.79. The van der Waals surface area contributed by atoms with E-state index in [0.29, 0.717) is 48.0 Å². The number of hydrogen-bond acceptors (Lipinski definition) is 5. The summed E-state index contributed by atoms with van der Waals surface area (Å²) < 4.78 is 29.2. The number of ether oxygens (including phenoxy) is 3. The highest BCUT2D eigenvalue weighted by Crippen LogP contribution is 2.38. The summed E-state index contributed by atoms with van der Waals surface area (Å²) in [5.41, 5.74) is 0.983. The first-order valence-corrected chi connectivity index (χ1v) is 8.13. The molecule has 0 spiro atoms. The molecule has 0 saturated carbocycles. The SMILES string of the molecule is COc1cc(C(=O)NCCNCc2ccccc2F)cc(OC)c1OC. The molecule has 7 heteroatoms. The minimum absolute atomic E-state index is 0.249. The fraction of sp³-hybridized carbons (Fsp3) is 0.316. The van der Waals surface area contributed by atoms with Gasteiger partial charge in [0.15, 0.2) is 11.5 Å². The Balaban J connectivity index is 1.89. The molecule has 2 aromatic carbocycles. The van der Waals surface area contributed by atoms with E-state index in [-0.39, 0.29) is 11.7 Å². The number of methoxy groups -OCH3 is 3. The van der Waals surface area contributed by atoms with Crippen LogP contribution in [0.5, 0.6) is 17.2 Å². The number of carbonyl (C=O) groups is 1. The van der Waals surface area contributed by atoms with E-state index in [1.165, 1.54) is 27.4 Å². The summed E-state index contributed by atoms with van der Waals surface area (Å²) in [4.78, 5) is 12.3. The van der Waals surface area contributed by atoms with Gasteiger partial charge in [-0.05, 0) is 18.2 Å². The molecule has 1 amide bonds. The first kappa shape index (κ1) is 19.5. The summed E-state index contributed by atoms with van der Waals surface area (Å²) in [7, 11) is 4.48. The Kier molecular flexibility index (Phi) is 7.23. The van der Waals surface area contributed by atoms with Gasteiger partial charge in [0.1, 0.15) is 5.82 Å². The number of nitrogens with one attached hydrogen (secondary N) is 2. The maximum Gasteiger partial charge on any atom is 0.251 e. The summed E-state index contributed by atoms with van der Waals surface area (Å²) in [6.45, 7) is 1.29. The molecular formula is C19H23FN2O4. The van der Waals surface area contributed by atoms with Gasteiger partial charge in [-0.1, -0.05) is 18.2 Å². The van der Waals surface area contributed by atoms with Gasteiger partial charge in [-0.3, -0.25) is 4.79 Å². The van der Waals surface area contributed by atoms with Crippen LogP contribution in [0.2, 0.25) is 0 Å². The van der Waals surface area contributed by atoms with Gasteiger partial charge in [0, 0.05) is 30.8 Å². The number of amides is 1. The van der Waals surface area contributed by atoms with E-state index in [9.17, 15) is 9.18 Å². The predicted molar refractivity (Wildman–Crippen MR) is 96.5 cm³/mol. The lowest BCUT2D eigenvalue weighted by Crippen LogP contribution is -2.31. The van der Waals surface area contributed by atoms with Crippen LogP contribution >= 0.6 is 0 Å². The third-order valence-corrected chi connectivity index (χ3v) is 3.79. The fourth-order valence-electron chi connectivity index (χ4n) is 2.44. The summed E-state index contributed by atoms with van der Waals surface area (Å²) in [6.07, 6.45) is 0. The van der Waals surface area contributed by atoms with Crippen molar-refractivity contribution in [3.63, 3.8) is 0 Å². The molecule has 0 aliphatic rings. The summed E-state index contributed by atoms with van der Waals surface area (Å²) in [6, 6.07) is 9.75. The number of rotatable bonds is 9. The average molecular weight is 362 g/mol. The van der Waals surface area contributed by atoms with E-state index >= 15 is 0 Å².